The summed E-state index contributed by atoms with van der Waals surface area (Å²) in [6, 6.07) is 5.20. The van der Waals surface area contributed by atoms with Crippen LogP contribution >= 0.6 is 11.6 Å². The molecule has 0 spiro atoms. The zero-order chi connectivity index (χ0) is 7.56. The van der Waals surface area contributed by atoms with Crippen LogP contribution in [0.3, 0.4) is 0 Å². The third-order valence-electron chi connectivity index (χ3n) is 1.48. The largest absolute Gasteiger partial charge is 0.508 e. The average molecular weight is 157 g/mol. The normalized spacial score (nSPS) is 9.80. The standard InChI is InChI=1S/C8H9ClO/c1-6-2-3-8(10)4-7(6)5-9/h2-4,10H,5H2,1H3. The Bertz CT molecular complexity index is 233. The highest BCUT2D eigenvalue weighted by atomic mass is 35.5. The molecule has 54 valence electrons. The summed E-state index contributed by atoms with van der Waals surface area (Å²) < 4.78 is 0. The number of aromatic hydroxyl groups is 1. The van der Waals surface area contributed by atoms with E-state index < -0.39 is 0 Å². The van der Waals surface area contributed by atoms with Crippen molar-refractivity contribution in [2.45, 2.75) is 12.8 Å². The summed E-state index contributed by atoms with van der Waals surface area (Å²) in [5.74, 6) is 0.738. The summed E-state index contributed by atoms with van der Waals surface area (Å²) in [5, 5.41) is 9.01. The molecule has 0 aromatic heterocycles. The van der Waals surface area contributed by atoms with Crippen molar-refractivity contribution in [3.8, 4) is 5.75 Å². The van der Waals surface area contributed by atoms with Gasteiger partial charge in [0.15, 0.2) is 0 Å². The highest BCUT2D eigenvalue weighted by Crippen LogP contribution is 2.16. The van der Waals surface area contributed by atoms with Crippen LogP contribution in [0.2, 0.25) is 0 Å². The van der Waals surface area contributed by atoms with Gasteiger partial charge < -0.3 is 5.11 Å². The smallest absolute Gasteiger partial charge is 0.115 e. The molecule has 0 aliphatic carbocycles. The highest BCUT2D eigenvalue weighted by molar-refractivity contribution is 6.17. The zero-order valence-corrected chi connectivity index (χ0v) is 6.52. The Morgan fingerprint density at radius 3 is 2.70 bits per heavy atom. The summed E-state index contributed by atoms with van der Waals surface area (Å²) >= 11 is 5.59. The van der Waals surface area contributed by atoms with E-state index in [4.69, 9.17) is 16.7 Å². The molecule has 0 saturated carbocycles. The third kappa shape index (κ3) is 1.42. The van der Waals surface area contributed by atoms with Gasteiger partial charge in [0, 0.05) is 5.88 Å². The predicted octanol–water partition coefficient (Wildman–Crippen LogP) is 2.44. The topological polar surface area (TPSA) is 20.2 Å². The lowest BCUT2D eigenvalue weighted by atomic mass is 10.1. The van der Waals surface area contributed by atoms with E-state index in [1.54, 1.807) is 12.1 Å². The molecule has 1 nitrogen and oxygen atoms in total. The van der Waals surface area contributed by atoms with E-state index in [0.29, 0.717) is 5.88 Å². The Morgan fingerprint density at radius 2 is 2.20 bits per heavy atom. The number of benzene rings is 1. The first-order chi connectivity index (χ1) is 4.74. The molecule has 0 saturated heterocycles. The van der Waals surface area contributed by atoms with Crippen molar-refractivity contribution in [2.24, 2.45) is 0 Å². The van der Waals surface area contributed by atoms with Crippen molar-refractivity contribution in [1.29, 1.82) is 0 Å². The maximum atomic E-state index is 9.01. The van der Waals surface area contributed by atoms with Gasteiger partial charge in [0.2, 0.25) is 0 Å². The monoisotopic (exact) mass is 156 g/mol. The fourth-order valence-corrected chi connectivity index (χ4v) is 1.09. The highest BCUT2D eigenvalue weighted by Gasteiger charge is 1.96. The molecule has 0 fully saturated rings. The molecule has 1 aromatic carbocycles. The summed E-state index contributed by atoms with van der Waals surface area (Å²) in [6.45, 7) is 1.97. The number of phenolic OH excluding ortho intramolecular Hbond substituents is 1. The Labute approximate surface area is 65.3 Å². The fraction of sp³-hybridized carbons (Fsp3) is 0.250. The second kappa shape index (κ2) is 2.93. The Hall–Kier alpha value is -0.690. The Morgan fingerprint density at radius 1 is 1.50 bits per heavy atom. The molecule has 2 heteroatoms. The molecule has 0 heterocycles. The van der Waals surface area contributed by atoms with E-state index >= 15 is 0 Å². The van der Waals surface area contributed by atoms with Crippen molar-refractivity contribution in [3.63, 3.8) is 0 Å². The molecule has 10 heavy (non-hydrogen) atoms. The molecule has 0 amide bonds. The van der Waals surface area contributed by atoms with Crippen LogP contribution in [0.15, 0.2) is 18.2 Å². The first-order valence-corrected chi connectivity index (χ1v) is 3.62. The van der Waals surface area contributed by atoms with Crippen LogP contribution in [-0.4, -0.2) is 5.11 Å². The SMILES string of the molecule is Cc1ccc(O)cc1CCl. The quantitative estimate of drug-likeness (QED) is 0.620. The number of hydrogen-bond acceptors (Lipinski definition) is 1. The number of rotatable bonds is 1. The van der Waals surface area contributed by atoms with Gasteiger partial charge in [-0.15, -0.1) is 11.6 Å². The van der Waals surface area contributed by atoms with Gasteiger partial charge in [-0.25, -0.2) is 0 Å². The van der Waals surface area contributed by atoms with Gasteiger partial charge in [-0.1, -0.05) is 6.07 Å². The van der Waals surface area contributed by atoms with E-state index in [0.717, 1.165) is 11.1 Å². The number of phenols is 1. The van der Waals surface area contributed by atoms with Gasteiger partial charge >= 0.3 is 0 Å². The third-order valence-corrected chi connectivity index (χ3v) is 1.76. The van der Waals surface area contributed by atoms with E-state index in [-0.39, 0.29) is 5.75 Å². The molecule has 0 aliphatic rings. The summed E-state index contributed by atoms with van der Waals surface area (Å²) in [4.78, 5) is 0. The minimum absolute atomic E-state index is 0.279. The minimum atomic E-state index is 0.279. The van der Waals surface area contributed by atoms with Crippen molar-refractivity contribution in [3.05, 3.63) is 29.3 Å². The van der Waals surface area contributed by atoms with Gasteiger partial charge in [0.1, 0.15) is 5.75 Å². The van der Waals surface area contributed by atoms with Crippen LogP contribution in [0.5, 0.6) is 5.75 Å². The Balaban J connectivity index is 3.09. The predicted molar refractivity (Wildman–Crippen MR) is 42.4 cm³/mol. The average Bonchev–Trinajstić information content (AvgIpc) is 1.94. The van der Waals surface area contributed by atoms with Crippen molar-refractivity contribution >= 4 is 11.6 Å². The molecule has 0 atom stereocenters. The van der Waals surface area contributed by atoms with Crippen LogP contribution in [-0.2, 0) is 5.88 Å². The second-order valence-electron chi connectivity index (χ2n) is 2.24. The van der Waals surface area contributed by atoms with E-state index in [2.05, 4.69) is 0 Å². The van der Waals surface area contributed by atoms with Gasteiger partial charge in [-0.3, -0.25) is 0 Å². The van der Waals surface area contributed by atoms with Crippen LogP contribution in [0.1, 0.15) is 11.1 Å². The maximum absolute atomic E-state index is 9.01. The van der Waals surface area contributed by atoms with Crippen LogP contribution < -0.4 is 0 Å². The van der Waals surface area contributed by atoms with E-state index in [1.807, 2.05) is 13.0 Å². The first-order valence-electron chi connectivity index (χ1n) is 3.08. The van der Waals surface area contributed by atoms with Gasteiger partial charge in [0.05, 0.1) is 0 Å². The summed E-state index contributed by atoms with van der Waals surface area (Å²) in [6.07, 6.45) is 0. The minimum Gasteiger partial charge on any atom is -0.508 e. The second-order valence-corrected chi connectivity index (χ2v) is 2.51. The van der Waals surface area contributed by atoms with Crippen LogP contribution in [0.4, 0.5) is 0 Å². The molecular weight excluding hydrogens is 148 g/mol. The number of aryl methyl sites for hydroxylation is 1. The molecule has 1 rings (SSSR count). The van der Waals surface area contributed by atoms with E-state index in [1.165, 1.54) is 0 Å². The maximum Gasteiger partial charge on any atom is 0.115 e. The fourth-order valence-electron chi connectivity index (χ4n) is 0.802. The molecule has 0 aliphatic heterocycles. The zero-order valence-electron chi connectivity index (χ0n) is 5.76. The first kappa shape index (κ1) is 7.42. The molecular formula is C8H9ClO. The van der Waals surface area contributed by atoms with E-state index in [9.17, 15) is 0 Å². The molecule has 0 bridgehead atoms. The summed E-state index contributed by atoms with van der Waals surface area (Å²) in [7, 11) is 0. The molecule has 0 radical (unpaired) electrons. The van der Waals surface area contributed by atoms with Crippen molar-refractivity contribution in [2.75, 3.05) is 0 Å². The number of alkyl halides is 1. The lowest BCUT2D eigenvalue weighted by Gasteiger charge is -2.00. The summed E-state index contributed by atoms with van der Waals surface area (Å²) in [5.41, 5.74) is 2.11. The van der Waals surface area contributed by atoms with Gasteiger partial charge in [-0.05, 0) is 30.2 Å². The molecule has 1 aromatic rings. The Kier molecular flexibility index (Phi) is 2.17. The number of halogens is 1. The van der Waals surface area contributed by atoms with Crippen LogP contribution in [0, 0.1) is 6.92 Å². The lowest BCUT2D eigenvalue weighted by molar-refractivity contribution is 0.474. The van der Waals surface area contributed by atoms with Crippen molar-refractivity contribution in [1.82, 2.24) is 0 Å². The van der Waals surface area contributed by atoms with Crippen molar-refractivity contribution < 1.29 is 5.11 Å². The van der Waals surface area contributed by atoms with Gasteiger partial charge in [0.25, 0.3) is 0 Å². The van der Waals surface area contributed by atoms with Crippen LogP contribution in [0.25, 0.3) is 0 Å². The molecule has 0 unspecified atom stereocenters. The lowest BCUT2D eigenvalue weighted by Crippen LogP contribution is -1.82. The molecule has 1 N–H and O–H groups in total. The number of hydrogen-bond donors (Lipinski definition) is 1. The van der Waals surface area contributed by atoms with Gasteiger partial charge in [-0.2, -0.15) is 0 Å².